The van der Waals surface area contributed by atoms with Crippen molar-refractivity contribution in [2.75, 3.05) is 23.8 Å². The summed E-state index contributed by atoms with van der Waals surface area (Å²) in [6, 6.07) is 23.4. The third kappa shape index (κ3) is 6.54. The van der Waals surface area contributed by atoms with E-state index in [-0.39, 0.29) is 12.5 Å². The van der Waals surface area contributed by atoms with Crippen LogP contribution < -0.4 is 15.4 Å². The lowest BCUT2D eigenvalue weighted by Gasteiger charge is -2.13. The van der Waals surface area contributed by atoms with Crippen molar-refractivity contribution in [1.82, 2.24) is 0 Å². The highest BCUT2D eigenvalue weighted by molar-refractivity contribution is 6.31. The minimum atomic E-state index is -0.151. The Bertz CT molecular complexity index is 945. The van der Waals surface area contributed by atoms with Gasteiger partial charge >= 0.3 is 0 Å². The number of amides is 1. The van der Waals surface area contributed by atoms with Crippen molar-refractivity contribution in [3.8, 4) is 5.75 Å². The highest BCUT2D eigenvalue weighted by Crippen LogP contribution is 2.24. The largest absolute Gasteiger partial charge is 0.491 e. The van der Waals surface area contributed by atoms with Gasteiger partial charge < -0.3 is 15.4 Å². The van der Waals surface area contributed by atoms with Crippen LogP contribution in [0.5, 0.6) is 5.75 Å². The van der Waals surface area contributed by atoms with Crippen molar-refractivity contribution >= 4 is 28.9 Å². The highest BCUT2D eigenvalue weighted by atomic mass is 35.5. The quantitative estimate of drug-likeness (QED) is 0.446. The number of aryl methyl sites for hydroxylation is 2. The number of benzene rings is 3. The Labute approximate surface area is 176 Å². The molecule has 4 nitrogen and oxygen atoms in total. The monoisotopic (exact) mass is 408 g/mol. The summed E-state index contributed by atoms with van der Waals surface area (Å²) in [5, 5.41) is 6.66. The molecule has 0 aliphatic rings. The van der Waals surface area contributed by atoms with Gasteiger partial charge in [0.15, 0.2) is 0 Å². The number of nitrogens with one attached hydrogen (secondary N) is 2. The third-order valence-corrected chi connectivity index (χ3v) is 4.90. The van der Waals surface area contributed by atoms with Gasteiger partial charge in [-0.3, -0.25) is 4.79 Å². The van der Waals surface area contributed by atoms with Crippen LogP contribution in [0.1, 0.15) is 17.5 Å². The number of ether oxygens (including phenoxy) is 1. The number of hydrogen-bond donors (Lipinski definition) is 2. The van der Waals surface area contributed by atoms with Crippen LogP contribution in [0.2, 0.25) is 5.02 Å². The molecule has 3 aromatic carbocycles. The van der Waals surface area contributed by atoms with Gasteiger partial charge in [0.05, 0.1) is 18.8 Å². The highest BCUT2D eigenvalue weighted by Gasteiger charge is 2.08. The van der Waals surface area contributed by atoms with Gasteiger partial charge in [-0.05, 0) is 55.2 Å². The Morgan fingerprint density at radius 3 is 2.55 bits per heavy atom. The van der Waals surface area contributed by atoms with Crippen LogP contribution >= 0.6 is 11.6 Å². The molecule has 0 heterocycles. The molecule has 0 saturated carbocycles. The van der Waals surface area contributed by atoms with E-state index >= 15 is 0 Å². The maximum Gasteiger partial charge on any atom is 0.243 e. The van der Waals surface area contributed by atoms with Crippen molar-refractivity contribution < 1.29 is 9.53 Å². The minimum Gasteiger partial charge on any atom is -0.491 e. The molecule has 0 bridgehead atoms. The molecule has 0 saturated heterocycles. The summed E-state index contributed by atoms with van der Waals surface area (Å²) in [6.07, 6.45) is 1.86. The molecule has 3 rings (SSSR count). The molecule has 0 aromatic heterocycles. The van der Waals surface area contributed by atoms with E-state index in [0.717, 1.165) is 24.1 Å². The van der Waals surface area contributed by atoms with Crippen LogP contribution in [-0.4, -0.2) is 19.1 Å². The summed E-state index contributed by atoms with van der Waals surface area (Å²) in [7, 11) is 0. The van der Waals surface area contributed by atoms with Gasteiger partial charge in [-0.1, -0.05) is 60.1 Å². The van der Waals surface area contributed by atoms with Gasteiger partial charge in [-0.15, -0.1) is 0 Å². The van der Waals surface area contributed by atoms with Gasteiger partial charge in [0.25, 0.3) is 0 Å². The zero-order valence-electron chi connectivity index (χ0n) is 16.5. The zero-order valence-corrected chi connectivity index (χ0v) is 17.2. The molecule has 29 heavy (non-hydrogen) atoms. The average Bonchev–Trinajstić information content (AvgIpc) is 2.74. The average molecular weight is 409 g/mol. The second kappa shape index (κ2) is 10.5. The van der Waals surface area contributed by atoms with E-state index in [1.807, 2.05) is 67.6 Å². The number of halogens is 1. The lowest BCUT2D eigenvalue weighted by Crippen LogP contribution is -2.22. The fourth-order valence-corrected chi connectivity index (χ4v) is 3.06. The third-order valence-electron chi connectivity index (χ3n) is 4.50. The molecular weight excluding hydrogens is 384 g/mol. The summed E-state index contributed by atoms with van der Waals surface area (Å²) in [5.41, 5.74) is 3.77. The fraction of sp³-hybridized carbons (Fsp3) is 0.208. The van der Waals surface area contributed by atoms with E-state index < -0.39 is 0 Å². The van der Waals surface area contributed by atoms with Crippen LogP contribution in [0.25, 0.3) is 0 Å². The Balaban J connectivity index is 1.48. The standard InChI is InChI=1S/C24H25ClN2O2/c1-18-13-14-20(16-21(18)25)26-17-24(28)27-22-11-5-6-12-23(22)29-15-7-10-19-8-3-2-4-9-19/h2-6,8-9,11-14,16,26H,7,10,15,17H2,1H3,(H,27,28). The molecule has 2 N–H and O–H groups in total. The molecule has 3 aromatic rings. The summed E-state index contributed by atoms with van der Waals surface area (Å²) < 4.78 is 5.90. The molecule has 0 aliphatic heterocycles. The van der Waals surface area contributed by atoms with E-state index in [1.165, 1.54) is 5.56 Å². The van der Waals surface area contributed by atoms with Crippen molar-refractivity contribution in [2.45, 2.75) is 19.8 Å². The van der Waals surface area contributed by atoms with Crippen molar-refractivity contribution in [3.63, 3.8) is 0 Å². The molecule has 0 atom stereocenters. The Morgan fingerprint density at radius 1 is 1.00 bits per heavy atom. The van der Waals surface area contributed by atoms with Gasteiger partial charge in [0.2, 0.25) is 5.91 Å². The molecule has 5 heteroatoms. The van der Waals surface area contributed by atoms with Crippen molar-refractivity contribution in [1.29, 1.82) is 0 Å². The van der Waals surface area contributed by atoms with Gasteiger partial charge in [-0.25, -0.2) is 0 Å². The summed E-state index contributed by atoms with van der Waals surface area (Å²) in [6.45, 7) is 2.67. The smallest absolute Gasteiger partial charge is 0.243 e. The number of carbonyl (C=O) groups excluding carboxylic acids is 1. The van der Waals surface area contributed by atoms with Crippen LogP contribution in [0, 0.1) is 6.92 Å². The maximum absolute atomic E-state index is 12.3. The second-order valence-electron chi connectivity index (χ2n) is 6.80. The van der Waals surface area contributed by atoms with Crippen LogP contribution in [0.15, 0.2) is 72.8 Å². The van der Waals surface area contributed by atoms with Gasteiger partial charge in [-0.2, -0.15) is 0 Å². The van der Waals surface area contributed by atoms with Gasteiger partial charge in [0.1, 0.15) is 5.75 Å². The predicted octanol–water partition coefficient (Wildman–Crippen LogP) is 5.71. The lowest BCUT2D eigenvalue weighted by atomic mass is 10.1. The molecule has 0 unspecified atom stereocenters. The number of rotatable bonds is 9. The lowest BCUT2D eigenvalue weighted by molar-refractivity contribution is -0.114. The van der Waals surface area contributed by atoms with Crippen LogP contribution in [-0.2, 0) is 11.2 Å². The van der Waals surface area contributed by atoms with E-state index in [0.29, 0.717) is 23.1 Å². The summed E-state index contributed by atoms with van der Waals surface area (Å²) in [4.78, 5) is 12.3. The number of para-hydroxylation sites is 2. The van der Waals surface area contributed by atoms with E-state index in [9.17, 15) is 4.79 Å². The first kappa shape index (κ1) is 20.7. The Hall–Kier alpha value is -2.98. The van der Waals surface area contributed by atoms with Crippen molar-refractivity contribution in [3.05, 3.63) is 88.9 Å². The van der Waals surface area contributed by atoms with E-state index in [2.05, 4.69) is 22.8 Å². The summed E-state index contributed by atoms with van der Waals surface area (Å²) >= 11 is 6.12. The first-order chi connectivity index (χ1) is 14.1. The normalized spacial score (nSPS) is 10.4. The molecular formula is C24H25ClN2O2. The Kier molecular flexibility index (Phi) is 7.54. The molecule has 0 radical (unpaired) electrons. The molecule has 0 spiro atoms. The number of carbonyl (C=O) groups is 1. The minimum absolute atomic E-state index is 0.141. The summed E-state index contributed by atoms with van der Waals surface area (Å²) in [5.74, 6) is 0.523. The number of anilines is 2. The van der Waals surface area contributed by atoms with Crippen molar-refractivity contribution in [2.24, 2.45) is 0 Å². The molecule has 0 aliphatic carbocycles. The number of hydrogen-bond acceptors (Lipinski definition) is 3. The predicted molar refractivity (Wildman–Crippen MR) is 120 cm³/mol. The van der Waals surface area contributed by atoms with Crippen LogP contribution in [0.3, 0.4) is 0 Å². The first-order valence-corrected chi connectivity index (χ1v) is 10.1. The van der Waals surface area contributed by atoms with Crippen LogP contribution in [0.4, 0.5) is 11.4 Å². The maximum atomic E-state index is 12.3. The Morgan fingerprint density at radius 2 is 1.76 bits per heavy atom. The molecule has 1 amide bonds. The topological polar surface area (TPSA) is 50.4 Å². The molecule has 0 fully saturated rings. The van der Waals surface area contributed by atoms with Gasteiger partial charge in [0, 0.05) is 10.7 Å². The first-order valence-electron chi connectivity index (χ1n) is 9.67. The van der Waals surface area contributed by atoms with E-state index in [1.54, 1.807) is 0 Å². The molecule has 150 valence electrons. The fourth-order valence-electron chi connectivity index (χ4n) is 2.88. The second-order valence-corrected chi connectivity index (χ2v) is 7.21. The van der Waals surface area contributed by atoms with E-state index in [4.69, 9.17) is 16.3 Å². The zero-order chi connectivity index (χ0) is 20.5. The SMILES string of the molecule is Cc1ccc(NCC(=O)Nc2ccccc2OCCCc2ccccc2)cc1Cl.